The lowest BCUT2D eigenvalue weighted by Gasteiger charge is -2.26. The molecule has 0 saturated carbocycles. The lowest BCUT2D eigenvalue weighted by atomic mass is 10.2. The first-order valence-electron chi connectivity index (χ1n) is 4.80. The molecule has 2 saturated heterocycles. The molecule has 74 valence electrons. The van der Waals surface area contributed by atoms with Gasteiger partial charge in [0, 0.05) is 30.2 Å². The molecule has 2 aliphatic heterocycles. The number of hydrogen-bond donors (Lipinski definition) is 0. The van der Waals surface area contributed by atoms with E-state index in [1.54, 1.807) is 0 Å². The Labute approximate surface area is 82.8 Å². The smallest absolute Gasteiger partial charge is 0.248 e. The highest BCUT2D eigenvalue weighted by Crippen LogP contribution is 2.37. The van der Waals surface area contributed by atoms with Gasteiger partial charge < -0.3 is 9.64 Å². The molecule has 2 rings (SSSR count). The summed E-state index contributed by atoms with van der Waals surface area (Å²) < 4.78 is 5.12. The van der Waals surface area contributed by atoms with Crippen LogP contribution < -0.4 is 0 Å². The predicted octanol–water partition coefficient (Wildman–Crippen LogP) is 0.739. The summed E-state index contributed by atoms with van der Waals surface area (Å²) >= 11 is 2.00. The average Bonchev–Trinajstić information content (AvgIpc) is 2.74. The number of hydrogen-bond acceptors (Lipinski definition) is 3. The van der Waals surface area contributed by atoms with Crippen LogP contribution in [0.25, 0.3) is 0 Å². The van der Waals surface area contributed by atoms with Gasteiger partial charge in [-0.2, -0.15) is 11.8 Å². The molecule has 0 aliphatic carbocycles. The fourth-order valence-corrected chi connectivity index (χ4v) is 3.41. The molecule has 2 fully saturated rings. The van der Waals surface area contributed by atoms with Gasteiger partial charge in [0.05, 0.1) is 0 Å². The van der Waals surface area contributed by atoms with Gasteiger partial charge >= 0.3 is 0 Å². The first-order chi connectivity index (χ1) is 6.31. The molecular formula is C9H15NO2S. The third-order valence-corrected chi connectivity index (χ3v) is 4.04. The molecule has 0 aromatic rings. The number of carbonyl (C=O) groups is 1. The van der Waals surface area contributed by atoms with Gasteiger partial charge in [-0.1, -0.05) is 0 Å². The second-order valence-corrected chi connectivity index (χ2v) is 4.86. The molecule has 0 aromatic heterocycles. The largest absolute Gasteiger partial charge is 0.372 e. The van der Waals surface area contributed by atoms with Crippen molar-refractivity contribution in [2.45, 2.75) is 24.6 Å². The maximum absolute atomic E-state index is 11.6. The molecule has 2 bridgehead atoms. The summed E-state index contributed by atoms with van der Waals surface area (Å²) in [7, 11) is 0. The molecule has 2 unspecified atom stereocenters. The molecule has 13 heavy (non-hydrogen) atoms. The van der Waals surface area contributed by atoms with Crippen LogP contribution in [0, 0.1) is 0 Å². The minimum Gasteiger partial charge on any atom is -0.372 e. The van der Waals surface area contributed by atoms with Crippen molar-refractivity contribution in [3.63, 3.8) is 0 Å². The number of likely N-dealkylation sites (tertiary alicyclic amines) is 1. The van der Waals surface area contributed by atoms with Crippen molar-refractivity contribution in [2.75, 3.05) is 25.5 Å². The highest BCUT2D eigenvalue weighted by molar-refractivity contribution is 8.00. The summed E-state index contributed by atoms with van der Waals surface area (Å²) in [6.07, 6.45) is 1.20. The van der Waals surface area contributed by atoms with E-state index in [0.717, 1.165) is 12.3 Å². The van der Waals surface area contributed by atoms with Crippen LogP contribution in [0.4, 0.5) is 0 Å². The zero-order valence-electron chi connectivity index (χ0n) is 7.86. The molecule has 0 spiro atoms. The van der Waals surface area contributed by atoms with Gasteiger partial charge in [-0.15, -0.1) is 0 Å². The number of fused-ring (bicyclic) bond motifs is 2. The van der Waals surface area contributed by atoms with E-state index in [-0.39, 0.29) is 12.5 Å². The molecule has 0 aromatic carbocycles. The molecular weight excluding hydrogens is 186 g/mol. The van der Waals surface area contributed by atoms with Crippen LogP contribution >= 0.6 is 11.8 Å². The van der Waals surface area contributed by atoms with Crippen LogP contribution in [0.1, 0.15) is 13.3 Å². The summed E-state index contributed by atoms with van der Waals surface area (Å²) in [4.78, 5) is 13.6. The highest BCUT2D eigenvalue weighted by atomic mass is 32.2. The molecule has 4 heteroatoms. The number of rotatable bonds is 3. The van der Waals surface area contributed by atoms with Crippen molar-refractivity contribution in [3.05, 3.63) is 0 Å². The molecule has 0 radical (unpaired) electrons. The maximum Gasteiger partial charge on any atom is 0.248 e. The van der Waals surface area contributed by atoms with E-state index in [1.807, 2.05) is 23.6 Å². The number of ether oxygens (including phenoxy) is 1. The molecule has 1 amide bonds. The Morgan fingerprint density at radius 2 is 2.54 bits per heavy atom. The first kappa shape index (κ1) is 9.34. The third kappa shape index (κ3) is 1.83. The summed E-state index contributed by atoms with van der Waals surface area (Å²) in [5.74, 6) is 1.30. The van der Waals surface area contributed by atoms with Gasteiger partial charge in [-0.3, -0.25) is 4.79 Å². The first-order valence-corrected chi connectivity index (χ1v) is 5.85. The van der Waals surface area contributed by atoms with E-state index in [1.165, 1.54) is 6.42 Å². The van der Waals surface area contributed by atoms with E-state index >= 15 is 0 Å². The Kier molecular flexibility index (Phi) is 2.79. The van der Waals surface area contributed by atoms with E-state index in [9.17, 15) is 4.79 Å². The van der Waals surface area contributed by atoms with Crippen molar-refractivity contribution >= 4 is 17.7 Å². The van der Waals surface area contributed by atoms with Gasteiger partial charge in [-0.25, -0.2) is 0 Å². The number of carbonyl (C=O) groups excluding carboxylic acids is 1. The van der Waals surface area contributed by atoms with E-state index in [0.29, 0.717) is 17.9 Å². The number of thioether (sulfide) groups is 1. The summed E-state index contributed by atoms with van der Waals surface area (Å²) in [6, 6.07) is 0.503. The lowest BCUT2D eigenvalue weighted by molar-refractivity contribution is -0.136. The highest BCUT2D eigenvalue weighted by Gasteiger charge is 2.40. The molecule has 0 N–H and O–H groups in total. The van der Waals surface area contributed by atoms with Gasteiger partial charge in [-0.05, 0) is 13.3 Å². The Morgan fingerprint density at radius 3 is 3.08 bits per heavy atom. The third-order valence-electron chi connectivity index (χ3n) is 2.65. The van der Waals surface area contributed by atoms with Crippen molar-refractivity contribution < 1.29 is 9.53 Å². The Balaban J connectivity index is 1.84. The monoisotopic (exact) mass is 201 g/mol. The van der Waals surface area contributed by atoms with Crippen LogP contribution in [0.3, 0.4) is 0 Å². The summed E-state index contributed by atoms with van der Waals surface area (Å²) in [6.45, 7) is 3.76. The van der Waals surface area contributed by atoms with Crippen molar-refractivity contribution in [3.8, 4) is 0 Å². The van der Waals surface area contributed by atoms with Crippen LogP contribution in [0.15, 0.2) is 0 Å². The van der Waals surface area contributed by atoms with E-state index in [2.05, 4.69) is 0 Å². The minimum absolute atomic E-state index is 0.176. The van der Waals surface area contributed by atoms with Crippen molar-refractivity contribution in [1.82, 2.24) is 4.90 Å². The molecule has 2 aliphatic rings. The van der Waals surface area contributed by atoms with Gasteiger partial charge in [0.1, 0.15) is 6.61 Å². The van der Waals surface area contributed by atoms with Gasteiger partial charge in [0.2, 0.25) is 5.91 Å². The maximum atomic E-state index is 11.6. The summed E-state index contributed by atoms with van der Waals surface area (Å²) in [5.41, 5.74) is 0. The normalized spacial score (nSPS) is 31.3. The van der Waals surface area contributed by atoms with Crippen molar-refractivity contribution in [1.29, 1.82) is 0 Å². The molecule has 3 nitrogen and oxygen atoms in total. The number of amides is 1. The fourth-order valence-electron chi connectivity index (χ4n) is 1.98. The van der Waals surface area contributed by atoms with E-state index < -0.39 is 0 Å². The van der Waals surface area contributed by atoms with Gasteiger partial charge in [0.15, 0.2) is 0 Å². The second-order valence-electron chi connectivity index (χ2n) is 3.53. The minimum atomic E-state index is 0.176. The standard InChI is InChI=1S/C9H15NO2S/c1-2-12-5-9(11)10-4-8-3-7(10)6-13-8/h7-8H,2-6H2,1H3. The number of nitrogens with zero attached hydrogens (tertiary/aromatic N) is 1. The fraction of sp³-hybridized carbons (Fsp3) is 0.889. The van der Waals surface area contributed by atoms with Crippen molar-refractivity contribution in [2.24, 2.45) is 0 Å². The van der Waals surface area contributed by atoms with Crippen LogP contribution in [0.5, 0.6) is 0 Å². The Bertz CT molecular complexity index is 210. The lowest BCUT2D eigenvalue weighted by Crippen LogP contribution is -2.41. The van der Waals surface area contributed by atoms with Gasteiger partial charge in [0.25, 0.3) is 0 Å². The molecule has 2 heterocycles. The predicted molar refractivity (Wildman–Crippen MR) is 52.9 cm³/mol. The van der Waals surface area contributed by atoms with Crippen LogP contribution in [0.2, 0.25) is 0 Å². The summed E-state index contributed by atoms with van der Waals surface area (Å²) in [5, 5.41) is 0.704. The Morgan fingerprint density at radius 1 is 1.69 bits per heavy atom. The second kappa shape index (κ2) is 3.88. The molecule has 2 atom stereocenters. The van der Waals surface area contributed by atoms with Crippen LogP contribution in [-0.4, -0.2) is 47.6 Å². The Hall–Kier alpha value is -0.220. The van der Waals surface area contributed by atoms with E-state index in [4.69, 9.17) is 4.74 Å². The topological polar surface area (TPSA) is 29.5 Å². The van der Waals surface area contributed by atoms with Crippen LogP contribution in [-0.2, 0) is 9.53 Å². The quantitative estimate of drug-likeness (QED) is 0.674. The SMILES string of the molecule is CCOCC(=O)N1CC2CC1CS2. The zero-order valence-corrected chi connectivity index (χ0v) is 8.68. The zero-order chi connectivity index (χ0) is 9.26. The average molecular weight is 201 g/mol.